The Balaban J connectivity index is 2.60. The quantitative estimate of drug-likeness (QED) is 0.721. The summed E-state index contributed by atoms with van der Waals surface area (Å²) in [4.78, 5) is 14.6. The minimum Gasteiger partial charge on any atom is -0.469 e. The van der Waals surface area contributed by atoms with E-state index in [0.717, 1.165) is 5.56 Å². The van der Waals surface area contributed by atoms with E-state index in [1.165, 1.54) is 7.11 Å². The summed E-state index contributed by atoms with van der Waals surface area (Å²) in [5.74, 6) is -0.272. The van der Waals surface area contributed by atoms with Crippen LogP contribution in [0.4, 0.5) is 0 Å². The Morgan fingerprint density at radius 1 is 1.71 bits per heavy atom. The van der Waals surface area contributed by atoms with Crippen LogP contribution in [0.2, 0.25) is 5.02 Å². The molecule has 1 heterocycles. The molecule has 0 radical (unpaired) electrons. The average Bonchev–Trinajstić information content (AvgIpc) is 2.20. The SMILES string of the molecule is COC(=O)CC=Cc1ccncc1Cl. The van der Waals surface area contributed by atoms with Crippen LogP contribution in [-0.2, 0) is 9.53 Å². The Labute approximate surface area is 87.4 Å². The number of hydrogen-bond donors (Lipinski definition) is 0. The van der Waals surface area contributed by atoms with Gasteiger partial charge in [0.2, 0.25) is 0 Å². The lowest BCUT2D eigenvalue weighted by atomic mass is 10.2. The van der Waals surface area contributed by atoms with Crippen LogP contribution in [0.3, 0.4) is 0 Å². The van der Waals surface area contributed by atoms with E-state index in [1.807, 2.05) is 0 Å². The molecule has 0 unspecified atom stereocenters. The van der Waals surface area contributed by atoms with Crippen LogP contribution >= 0.6 is 11.6 Å². The third kappa shape index (κ3) is 3.18. The molecule has 0 amide bonds. The van der Waals surface area contributed by atoms with Crippen molar-refractivity contribution in [1.82, 2.24) is 4.98 Å². The number of ether oxygens (including phenoxy) is 1. The van der Waals surface area contributed by atoms with Gasteiger partial charge in [-0.05, 0) is 11.6 Å². The predicted molar refractivity (Wildman–Crippen MR) is 54.9 cm³/mol. The van der Waals surface area contributed by atoms with Crippen LogP contribution < -0.4 is 0 Å². The fourth-order valence-electron chi connectivity index (χ4n) is 0.887. The highest BCUT2D eigenvalue weighted by Crippen LogP contribution is 2.14. The van der Waals surface area contributed by atoms with Crippen molar-refractivity contribution < 1.29 is 9.53 Å². The molecule has 0 aliphatic rings. The molecular weight excluding hydrogens is 202 g/mol. The van der Waals surface area contributed by atoms with Gasteiger partial charge >= 0.3 is 5.97 Å². The Hall–Kier alpha value is -1.35. The second-order valence-electron chi connectivity index (χ2n) is 2.58. The third-order valence-electron chi connectivity index (χ3n) is 1.61. The number of aromatic nitrogens is 1. The molecule has 14 heavy (non-hydrogen) atoms. The van der Waals surface area contributed by atoms with Crippen molar-refractivity contribution in [3.63, 3.8) is 0 Å². The smallest absolute Gasteiger partial charge is 0.309 e. The summed E-state index contributed by atoms with van der Waals surface area (Å²) < 4.78 is 4.48. The number of hydrogen-bond acceptors (Lipinski definition) is 3. The van der Waals surface area contributed by atoms with Crippen molar-refractivity contribution in [2.75, 3.05) is 7.11 Å². The van der Waals surface area contributed by atoms with Gasteiger partial charge < -0.3 is 4.74 Å². The summed E-state index contributed by atoms with van der Waals surface area (Å²) in [6.07, 6.45) is 6.91. The molecule has 3 nitrogen and oxygen atoms in total. The van der Waals surface area contributed by atoms with E-state index in [2.05, 4.69) is 9.72 Å². The number of methoxy groups -OCH3 is 1. The largest absolute Gasteiger partial charge is 0.469 e. The van der Waals surface area contributed by atoms with Gasteiger partial charge in [0.15, 0.2) is 0 Å². The van der Waals surface area contributed by atoms with Crippen molar-refractivity contribution in [3.05, 3.63) is 35.1 Å². The Morgan fingerprint density at radius 3 is 3.14 bits per heavy atom. The predicted octanol–water partition coefficient (Wildman–Crippen LogP) is 2.31. The molecule has 1 aromatic heterocycles. The molecule has 1 aromatic rings. The molecule has 0 aliphatic carbocycles. The number of carbonyl (C=O) groups excluding carboxylic acids is 1. The molecule has 0 saturated carbocycles. The zero-order chi connectivity index (χ0) is 10.4. The number of rotatable bonds is 3. The number of halogens is 1. The first-order valence-electron chi connectivity index (χ1n) is 4.07. The minimum atomic E-state index is -0.272. The summed E-state index contributed by atoms with van der Waals surface area (Å²) in [5, 5.41) is 0.564. The summed E-state index contributed by atoms with van der Waals surface area (Å²) >= 11 is 5.84. The first-order valence-corrected chi connectivity index (χ1v) is 4.44. The lowest BCUT2D eigenvalue weighted by molar-refractivity contribution is -0.139. The maximum atomic E-state index is 10.8. The van der Waals surface area contributed by atoms with E-state index in [9.17, 15) is 4.79 Å². The van der Waals surface area contributed by atoms with E-state index in [4.69, 9.17) is 11.6 Å². The van der Waals surface area contributed by atoms with E-state index in [-0.39, 0.29) is 12.4 Å². The molecule has 4 heteroatoms. The summed E-state index contributed by atoms with van der Waals surface area (Å²) in [6, 6.07) is 1.77. The monoisotopic (exact) mass is 211 g/mol. The number of esters is 1. The number of pyridine rings is 1. The molecule has 0 spiro atoms. The zero-order valence-electron chi connectivity index (χ0n) is 7.74. The molecule has 0 atom stereocenters. The standard InChI is InChI=1S/C10H10ClNO2/c1-14-10(13)4-2-3-8-5-6-12-7-9(8)11/h2-3,5-7H,4H2,1H3. The second-order valence-corrected chi connectivity index (χ2v) is 2.99. The Morgan fingerprint density at radius 2 is 2.50 bits per heavy atom. The first kappa shape index (κ1) is 10.7. The summed E-state index contributed by atoms with van der Waals surface area (Å²) in [5.41, 5.74) is 0.838. The number of nitrogens with zero attached hydrogens (tertiary/aromatic N) is 1. The Bertz CT molecular complexity index is 350. The van der Waals surface area contributed by atoms with Gasteiger partial charge in [-0.15, -0.1) is 0 Å². The summed E-state index contributed by atoms with van der Waals surface area (Å²) in [7, 11) is 1.36. The highest BCUT2D eigenvalue weighted by Gasteiger charge is 1.96. The molecule has 0 N–H and O–H groups in total. The molecule has 0 fully saturated rings. The van der Waals surface area contributed by atoms with Crippen molar-refractivity contribution in [1.29, 1.82) is 0 Å². The summed E-state index contributed by atoms with van der Waals surface area (Å²) in [6.45, 7) is 0. The maximum Gasteiger partial charge on any atom is 0.309 e. The van der Waals surface area contributed by atoms with E-state index in [1.54, 1.807) is 30.6 Å². The van der Waals surface area contributed by atoms with Crippen LogP contribution in [0.25, 0.3) is 6.08 Å². The van der Waals surface area contributed by atoms with Crippen molar-refractivity contribution >= 4 is 23.6 Å². The zero-order valence-corrected chi connectivity index (χ0v) is 8.49. The molecule has 0 saturated heterocycles. The van der Waals surface area contributed by atoms with Crippen LogP contribution in [0.5, 0.6) is 0 Å². The first-order chi connectivity index (χ1) is 6.74. The molecule has 74 valence electrons. The van der Waals surface area contributed by atoms with Gasteiger partial charge in [0.05, 0.1) is 18.6 Å². The molecule has 0 bridgehead atoms. The van der Waals surface area contributed by atoms with Gasteiger partial charge in [0.25, 0.3) is 0 Å². The lowest BCUT2D eigenvalue weighted by Gasteiger charge is -1.95. The lowest BCUT2D eigenvalue weighted by Crippen LogP contribution is -1.96. The van der Waals surface area contributed by atoms with Crippen molar-refractivity contribution in [2.24, 2.45) is 0 Å². The molecule has 0 aromatic carbocycles. The van der Waals surface area contributed by atoms with E-state index >= 15 is 0 Å². The maximum absolute atomic E-state index is 10.8. The van der Waals surface area contributed by atoms with E-state index in [0.29, 0.717) is 5.02 Å². The highest BCUT2D eigenvalue weighted by molar-refractivity contribution is 6.31. The van der Waals surface area contributed by atoms with Gasteiger partial charge in [-0.3, -0.25) is 9.78 Å². The number of carbonyl (C=O) groups is 1. The molecule has 1 rings (SSSR count). The third-order valence-corrected chi connectivity index (χ3v) is 1.93. The normalized spacial score (nSPS) is 10.4. The van der Waals surface area contributed by atoms with Gasteiger partial charge in [-0.2, -0.15) is 0 Å². The fourth-order valence-corrected chi connectivity index (χ4v) is 1.07. The van der Waals surface area contributed by atoms with Gasteiger partial charge in [0, 0.05) is 12.4 Å². The molecule has 0 aliphatic heterocycles. The topological polar surface area (TPSA) is 39.2 Å². The van der Waals surface area contributed by atoms with Crippen LogP contribution in [0.15, 0.2) is 24.5 Å². The van der Waals surface area contributed by atoms with Crippen molar-refractivity contribution in [2.45, 2.75) is 6.42 Å². The minimum absolute atomic E-state index is 0.245. The van der Waals surface area contributed by atoms with Crippen molar-refractivity contribution in [3.8, 4) is 0 Å². The average molecular weight is 212 g/mol. The van der Waals surface area contributed by atoms with E-state index < -0.39 is 0 Å². The van der Waals surface area contributed by atoms with Crippen LogP contribution in [-0.4, -0.2) is 18.1 Å². The fraction of sp³-hybridized carbons (Fsp3) is 0.200. The highest BCUT2D eigenvalue weighted by atomic mass is 35.5. The van der Waals surface area contributed by atoms with Gasteiger partial charge in [-0.25, -0.2) is 0 Å². The van der Waals surface area contributed by atoms with Gasteiger partial charge in [0.1, 0.15) is 0 Å². The second kappa shape index (κ2) is 5.40. The van der Waals surface area contributed by atoms with Gasteiger partial charge in [-0.1, -0.05) is 23.8 Å². The Kier molecular flexibility index (Phi) is 4.13. The molecular formula is C10H10ClNO2. The van der Waals surface area contributed by atoms with Crippen LogP contribution in [0.1, 0.15) is 12.0 Å². The van der Waals surface area contributed by atoms with Crippen LogP contribution in [0, 0.1) is 0 Å².